The Balaban J connectivity index is 0.000000352. The van der Waals surface area contributed by atoms with Crippen LogP contribution >= 0.6 is 0 Å². The molecular weight excluding hydrogens is 251 g/mol. The van der Waals surface area contributed by atoms with Crippen LogP contribution in [0.3, 0.4) is 0 Å². The average molecular weight is 266 g/mol. The Morgan fingerprint density at radius 1 is 1.00 bits per heavy atom. The van der Waals surface area contributed by atoms with Gasteiger partial charge in [-0.2, -0.15) is 0 Å². The Bertz CT molecular complexity index is 463. The van der Waals surface area contributed by atoms with Gasteiger partial charge in [-0.25, -0.2) is 0 Å². The van der Waals surface area contributed by atoms with Gasteiger partial charge in [0.05, 0.1) is 0 Å². The minimum absolute atomic E-state index is 0. The van der Waals surface area contributed by atoms with E-state index in [1.54, 1.807) is 12.1 Å². The van der Waals surface area contributed by atoms with Crippen molar-refractivity contribution in [3.8, 4) is 0 Å². The summed E-state index contributed by atoms with van der Waals surface area (Å²) in [5.74, 6) is -0.853. The topological polar surface area (TPSA) is 73.1 Å². The van der Waals surface area contributed by atoms with E-state index in [1.807, 2.05) is 48.5 Å². The predicted molar refractivity (Wildman–Crippen MR) is 73.0 cm³/mol. The van der Waals surface area contributed by atoms with Gasteiger partial charge in [-0.15, -0.1) is 5.69 Å². The van der Waals surface area contributed by atoms with Gasteiger partial charge in [-0.3, -0.25) is 4.79 Å². The van der Waals surface area contributed by atoms with Crippen molar-refractivity contribution in [1.29, 1.82) is 0 Å². The molecule has 4 nitrogen and oxygen atoms in total. The van der Waals surface area contributed by atoms with E-state index >= 15 is 0 Å². The molecule has 5 heteroatoms. The standard InChI is InChI=1S/C8H9NO2.C6H6N.Na/c10-8(11)6-9-7-4-2-1-3-5-7;7-6-4-2-1-3-5-6;/h1-5,9H,6H2,(H,10,11);1-5,7H;/q;-1;+1. The van der Waals surface area contributed by atoms with E-state index in [9.17, 15) is 4.79 Å². The van der Waals surface area contributed by atoms with Crippen molar-refractivity contribution < 1.29 is 39.5 Å². The molecule has 0 fully saturated rings. The largest absolute Gasteiger partial charge is 1.00 e. The summed E-state index contributed by atoms with van der Waals surface area (Å²) in [5.41, 5.74) is 8.40. The molecule has 2 aromatic rings. The first-order chi connectivity index (χ1) is 8.68. The summed E-state index contributed by atoms with van der Waals surface area (Å²) in [5, 5.41) is 11.1. The van der Waals surface area contributed by atoms with Gasteiger partial charge in [-0.1, -0.05) is 48.5 Å². The van der Waals surface area contributed by atoms with E-state index in [2.05, 4.69) is 5.32 Å². The molecule has 0 unspecified atom stereocenters. The van der Waals surface area contributed by atoms with Crippen molar-refractivity contribution in [3.05, 3.63) is 66.4 Å². The molecule has 0 aromatic heterocycles. The number of nitrogens with one attached hydrogen (secondary N) is 2. The molecule has 0 heterocycles. The number of benzene rings is 2. The molecule has 2 rings (SSSR count). The van der Waals surface area contributed by atoms with Crippen molar-refractivity contribution in [2.45, 2.75) is 0 Å². The molecule has 0 spiro atoms. The second-order valence-electron chi connectivity index (χ2n) is 3.48. The van der Waals surface area contributed by atoms with E-state index in [0.717, 1.165) is 5.69 Å². The molecule has 0 aliphatic heterocycles. The molecule has 0 amide bonds. The molecule has 19 heavy (non-hydrogen) atoms. The Morgan fingerprint density at radius 2 is 1.47 bits per heavy atom. The van der Waals surface area contributed by atoms with Crippen LogP contribution in [0, 0.1) is 0 Å². The van der Waals surface area contributed by atoms with Gasteiger partial charge >= 0.3 is 35.5 Å². The van der Waals surface area contributed by atoms with Crippen molar-refractivity contribution in [3.63, 3.8) is 0 Å². The van der Waals surface area contributed by atoms with Crippen LogP contribution in [0.25, 0.3) is 5.73 Å². The van der Waals surface area contributed by atoms with Crippen molar-refractivity contribution in [2.24, 2.45) is 0 Å². The zero-order valence-electron chi connectivity index (χ0n) is 10.8. The number of carbonyl (C=O) groups is 1. The van der Waals surface area contributed by atoms with Crippen LogP contribution in [-0.2, 0) is 4.79 Å². The van der Waals surface area contributed by atoms with Crippen LogP contribution in [-0.4, -0.2) is 17.6 Å². The molecule has 2 aromatic carbocycles. The molecule has 94 valence electrons. The van der Waals surface area contributed by atoms with Gasteiger partial charge in [0.1, 0.15) is 6.54 Å². The normalized spacial score (nSPS) is 8.42. The molecular formula is C14H15N2NaO2. The second kappa shape index (κ2) is 10.4. The summed E-state index contributed by atoms with van der Waals surface area (Å²) in [6.45, 7) is -0.0377. The smallest absolute Gasteiger partial charge is 0.699 e. The van der Waals surface area contributed by atoms with Crippen molar-refractivity contribution >= 4 is 17.3 Å². The third kappa shape index (κ3) is 9.13. The zero-order valence-corrected chi connectivity index (χ0v) is 12.8. The predicted octanol–water partition coefficient (Wildman–Crippen LogP) is 0.557. The van der Waals surface area contributed by atoms with Gasteiger partial charge in [-0.05, 0) is 12.1 Å². The number of hydrogen-bond donors (Lipinski definition) is 2. The van der Waals surface area contributed by atoms with Crippen LogP contribution in [0.15, 0.2) is 60.7 Å². The number of aliphatic carboxylic acids is 1. The van der Waals surface area contributed by atoms with Gasteiger partial charge in [0.25, 0.3) is 0 Å². The third-order valence-electron chi connectivity index (χ3n) is 1.99. The summed E-state index contributed by atoms with van der Waals surface area (Å²) in [6, 6.07) is 18.3. The quantitative estimate of drug-likeness (QED) is 0.797. The number of carboxylic acid groups (broad SMARTS) is 1. The number of carboxylic acids is 1. The maximum Gasteiger partial charge on any atom is 1.00 e. The summed E-state index contributed by atoms with van der Waals surface area (Å²) >= 11 is 0. The summed E-state index contributed by atoms with van der Waals surface area (Å²) < 4.78 is 0. The number of para-hydroxylation sites is 1. The monoisotopic (exact) mass is 266 g/mol. The number of rotatable bonds is 3. The average Bonchev–Trinajstić information content (AvgIpc) is 2.39. The molecule has 0 aliphatic carbocycles. The van der Waals surface area contributed by atoms with E-state index in [-0.39, 0.29) is 36.1 Å². The minimum atomic E-state index is -0.853. The molecule has 0 saturated heterocycles. The first-order valence-corrected chi connectivity index (χ1v) is 5.46. The first-order valence-electron chi connectivity index (χ1n) is 5.46. The van der Waals surface area contributed by atoms with E-state index < -0.39 is 5.97 Å². The zero-order chi connectivity index (χ0) is 13.2. The molecule has 0 saturated carbocycles. The van der Waals surface area contributed by atoms with E-state index in [1.165, 1.54) is 0 Å². The fourth-order valence-electron chi connectivity index (χ4n) is 1.17. The molecule has 0 radical (unpaired) electrons. The Kier molecular flexibility index (Phi) is 9.62. The minimum Gasteiger partial charge on any atom is -0.699 e. The maximum absolute atomic E-state index is 10.1. The first kappa shape index (κ1) is 17.5. The van der Waals surface area contributed by atoms with Gasteiger partial charge in [0.15, 0.2) is 0 Å². The molecule has 3 N–H and O–H groups in total. The summed E-state index contributed by atoms with van der Waals surface area (Å²) in [7, 11) is 0. The Morgan fingerprint density at radius 3 is 1.84 bits per heavy atom. The number of hydrogen-bond acceptors (Lipinski definition) is 2. The third-order valence-corrected chi connectivity index (χ3v) is 1.99. The maximum atomic E-state index is 10.1. The van der Waals surface area contributed by atoms with Crippen molar-refractivity contribution in [1.82, 2.24) is 0 Å². The number of anilines is 1. The van der Waals surface area contributed by atoms with Gasteiger partial charge in [0.2, 0.25) is 0 Å². The van der Waals surface area contributed by atoms with Crippen molar-refractivity contribution in [2.75, 3.05) is 11.9 Å². The summed E-state index contributed by atoms with van der Waals surface area (Å²) in [6.07, 6.45) is 0. The molecule has 0 aliphatic rings. The SMILES string of the molecule is O=C(O)CNc1ccccc1.[NH-]c1ccccc1.[Na+]. The molecule has 0 atom stereocenters. The summed E-state index contributed by atoms with van der Waals surface area (Å²) in [4.78, 5) is 10.1. The van der Waals surface area contributed by atoms with E-state index in [4.69, 9.17) is 10.8 Å². The van der Waals surface area contributed by atoms with Gasteiger partial charge < -0.3 is 16.2 Å². The fourth-order valence-corrected chi connectivity index (χ4v) is 1.17. The molecule has 0 bridgehead atoms. The Labute approximate surface area is 134 Å². The van der Waals surface area contributed by atoms with Crippen LogP contribution in [0.5, 0.6) is 0 Å². The van der Waals surface area contributed by atoms with E-state index in [0.29, 0.717) is 5.69 Å². The van der Waals surface area contributed by atoms with Crippen LogP contribution < -0.4 is 34.9 Å². The van der Waals surface area contributed by atoms with Gasteiger partial charge in [0, 0.05) is 5.69 Å². The van der Waals surface area contributed by atoms with Crippen LogP contribution in [0.2, 0.25) is 0 Å². The second-order valence-corrected chi connectivity index (χ2v) is 3.48. The van der Waals surface area contributed by atoms with Crippen LogP contribution in [0.4, 0.5) is 11.4 Å². The fraction of sp³-hybridized carbons (Fsp3) is 0.0714. The van der Waals surface area contributed by atoms with Crippen LogP contribution in [0.1, 0.15) is 0 Å². The Hall–Kier alpha value is -1.49.